The molecule has 0 spiro atoms. The molecule has 2 aliphatic heterocycles. The number of rotatable bonds is 6. The maximum absolute atomic E-state index is 12.5. The second-order valence-corrected chi connectivity index (χ2v) is 9.88. The molecule has 10 heteroatoms. The molecule has 0 radical (unpaired) electrons. The topological polar surface area (TPSA) is 104 Å². The molecule has 3 N–H and O–H groups in total. The minimum Gasteiger partial charge on any atom is -0.396 e. The van der Waals surface area contributed by atoms with Crippen molar-refractivity contribution >= 4 is 50.9 Å². The Balaban J connectivity index is 1.31. The number of thiazole rings is 1. The molecule has 1 aromatic heterocycles. The quantitative estimate of drug-likeness (QED) is 0.585. The average molecular weight is 451 g/mol. The molecule has 2 aliphatic rings. The fraction of sp³-hybridized carbons (Fsp3) is 0.550. The predicted octanol–water partition coefficient (Wildman–Crippen LogP) is 2.53. The number of nitrogens with one attached hydrogen (secondary N) is 2. The van der Waals surface area contributed by atoms with E-state index in [0.29, 0.717) is 38.0 Å². The summed E-state index contributed by atoms with van der Waals surface area (Å²) in [6, 6.07) is 5.67. The van der Waals surface area contributed by atoms with Crippen molar-refractivity contribution in [3.05, 3.63) is 18.2 Å². The van der Waals surface area contributed by atoms with Gasteiger partial charge in [-0.2, -0.15) is 0 Å². The summed E-state index contributed by atoms with van der Waals surface area (Å²) in [6.07, 6.45) is 2.53. The molecule has 8 nitrogen and oxygen atoms in total. The third kappa shape index (κ3) is 5.42. The molecular weight excluding hydrogens is 424 g/mol. The standard InChI is InChI=1S/C20H26N4O4S2/c25-10-13-3-6-24(7-4-13)19(27)22-14-1-2-16-17(9-14)30-20(23-16)29-12-18(26)21-15-5-8-28-11-15/h1-2,9,13,15,25H,3-8,10-12H2,(H,21,26)(H,22,27). The van der Waals surface area contributed by atoms with Gasteiger partial charge in [-0.15, -0.1) is 11.3 Å². The molecule has 2 aromatic rings. The van der Waals surface area contributed by atoms with Crippen LogP contribution in [0.1, 0.15) is 19.3 Å². The van der Waals surface area contributed by atoms with Crippen molar-refractivity contribution in [2.24, 2.45) is 5.92 Å². The number of amides is 3. The Kier molecular flexibility index (Phi) is 7.08. The minimum absolute atomic E-state index is 0.00678. The number of anilines is 1. The smallest absolute Gasteiger partial charge is 0.321 e. The first kappa shape index (κ1) is 21.4. The summed E-state index contributed by atoms with van der Waals surface area (Å²) in [5.74, 6) is 0.615. The molecule has 0 aliphatic carbocycles. The van der Waals surface area contributed by atoms with Crippen molar-refractivity contribution in [2.75, 3.05) is 44.0 Å². The lowest BCUT2D eigenvalue weighted by Gasteiger charge is -2.31. The highest BCUT2D eigenvalue weighted by Crippen LogP contribution is 2.31. The van der Waals surface area contributed by atoms with Gasteiger partial charge in [0, 0.05) is 32.0 Å². The van der Waals surface area contributed by atoms with E-state index in [1.165, 1.54) is 23.1 Å². The van der Waals surface area contributed by atoms with Crippen LogP contribution in [0.3, 0.4) is 0 Å². The monoisotopic (exact) mass is 450 g/mol. The first-order valence-electron chi connectivity index (χ1n) is 10.2. The summed E-state index contributed by atoms with van der Waals surface area (Å²) < 4.78 is 7.08. The molecular formula is C20H26N4O4S2. The number of benzene rings is 1. The molecule has 4 rings (SSSR count). The number of aliphatic hydroxyl groups is 1. The number of fused-ring (bicyclic) bond motifs is 1. The summed E-state index contributed by atoms with van der Waals surface area (Å²) in [6.45, 7) is 2.81. The van der Waals surface area contributed by atoms with Gasteiger partial charge in [-0.25, -0.2) is 9.78 Å². The van der Waals surface area contributed by atoms with Crippen LogP contribution >= 0.6 is 23.1 Å². The Morgan fingerprint density at radius 3 is 2.87 bits per heavy atom. The minimum atomic E-state index is -0.114. The number of likely N-dealkylation sites (tertiary alicyclic amines) is 1. The van der Waals surface area contributed by atoms with E-state index in [9.17, 15) is 14.7 Å². The van der Waals surface area contributed by atoms with Gasteiger partial charge in [0.15, 0.2) is 4.34 Å². The van der Waals surface area contributed by atoms with E-state index in [0.717, 1.165) is 39.5 Å². The van der Waals surface area contributed by atoms with E-state index in [-0.39, 0.29) is 24.6 Å². The molecule has 0 saturated carbocycles. The molecule has 2 fully saturated rings. The van der Waals surface area contributed by atoms with Crippen molar-refractivity contribution < 1.29 is 19.4 Å². The molecule has 30 heavy (non-hydrogen) atoms. The number of aromatic nitrogens is 1. The zero-order valence-corrected chi connectivity index (χ0v) is 18.3. The van der Waals surface area contributed by atoms with Gasteiger partial charge < -0.3 is 25.4 Å². The molecule has 1 unspecified atom stereocenters. The molecule has 1 atom stereocenters. The van der Waals surface area contributed by atoms with Crippen LogP contribution < -0.4 is 10.6 Å². The third-order valence-electron chi connectivity index (χ3n) is 5.40. The number of nitrogens with zero attached hydrogens (tertiary/aromatic N) is 2. The highest BCUT2D eigenvalue weighted by Gasteiger charge is 2.22. The number of urea groups is 1. The fourth-order valence-electron chi connectivity index (χ4n) is 3.61. The van der Waals surface area contributed by atoms with E-state index in [1.54, 1.807) is 4.90 Å². The lowest BCUT2D eigenvalue weighted by Crippen LogP contribution is -2.41. The number of hydrogen-bond acceptors (Lipinski definition) is 7. The van der Waals surface area contributed by atoms with E-state index in [4.69, 9.17) is 4.74 Å². The molecule has 162 valence electrons. The number of aliphatic hydroxyl groups excluding tert-OH is 1. The largest absolute Gasteiger partial charge is 0.396 e. The molecule has 2 saturated heterocycles. The van der Waals surface area contributed by atoms with Crippen LogP contribution in [0.4, 0.5) is 10.5 Å². The van der Waals surface area contributed by atoms with Gasteiger partial charge in [-0.1, -0.05) is 11.8 Å². The van der Waals surface area contributed by atoms with Crippen LogP contribution in [0.25, 0.3) is 10.2 Å². The molecule has 3 amide bonds. The second kappa shape index (κ2) is 9.95. The van der Waals surface area contributed by atoms with Gasteiger partial charge in [0.2, 0.25) is 5.91 Å². The molecule has 1 aromatic carbocycles. The van der Waals surface area contributed by atoms with Crippen molar-refractivity contribution in [2.45, 2.75) is 29.6 Å². The first-order chi connectivity index (χ1) is 14.6. The maximum atomic E-state index is 12.5. The van der Waals surface area contributed by atoms with Gasteiger partial charge in [-0.05, 0) is 43.4 Å². The Labute approximate surface area is 183 Å². The Morgan fingerprint density at radius 2 is 2.13 bits per heavy atom. The van der Waals surface area contributed by atoms with E-state index < -0.39 is 0 Å². The highest BCUT2D eigenvalue weighted by molar-refractivity contribution is 8.01. The van der Waals surface area contributed by atoms with E-state index in [2.05, 4.69) is 15.6 Å². The van der Waals surface area contributed by atoms with Gasteiger partial charge in [0.1, 0.15) is 0 Å². The number of piperidine rings is 1. The van der Waals surface area contributed by atoms with Crippen LogP contribution in [0, 0.1) is 5.92 Å². The average Bonchev–Trinajstić information content (AvgIpc) is 3.41. The zero-order chi connectivity index (χ0) is 20.9. The Bertz CT molecular complexity index is 892. The van der Waals surface area contributed by atoms with Crippen LogP contribution in [0.5, 0.6) is 0 Å². The van der Waals surface area contributed by atoms with Gasteiger partial charge in [-0.3, -0.25) is 4.79 Å². The fourth-order valence-corrected chi connectivity index (χ4v) is 5.53. The number of thioether (sulfide) groups is 1. The lowest BCUT2D eigenvalue weighted by molar-refractivity contribution is -0.119. The first-order valence-corrected chi connectivity index (χ1v) is 12.0. The van der Waals surface area contributed by atoms with Crippen LogP contribution in [-0.4, -0.2) is 71.6 Å². The van der Waals surface area contributed by atoms with Crippen molar-refractivity contribution in [3.8, 4) is 0 Å². The number of carbonyl (C=O) groups is 2. The Morgan fingerprint density at radius 1 is 1.30 bits per heavy atom. The van der Waals surface area contributed by atoms with Crippen molar-refractivity contribution in [3.63, 3.8) is 0 Å². The van der Waals surface area contributed by atoms with Crippen LogP contribution in [0.15, 0.2) is 22.5 Å². The maximum Gasteiger partial charge on any atom is 0.321 e. The SMILES string of the molecule is O=C(CSc1nc2ccc(NC(=O)N3CCC(CO)CC3)cc2s1)NC1CCOC1. The number of ether oxygens (including phenoxy) is 1. The summed E-state index contributed by atoms with van der Waals surface area (Å²) in [7, 11) is 0. The lowest BCUT2D eigenvalue weighted by atomic mass is 9.98. The second-order valence-electron chi connectivity index (χ2n) is 7.62. The van der Waals surface area contributed by atoms with Gasteiger partial charge in [0.05, 0.1) is 28.6 Å². The summed E-state index contributed by atoms with van der Waals surface area (Å²) in [4.78, 5) is 30.9. The zero-order valence-electron chi connectivity index (χ0n) is 16.6. The highest BCUT2D eigenvalue weighted by atomic mass is 32.2. The number of carbonyl (C=O) groups excluding carboxylic acids is 2. The molecule has 0 bridgehead atoms. The van der Waals surface area contributed by atoms with E-state index in [1.807, 2.05) is 18.2 Å². The van der Waals surface area contributed by atoms with Gasteiger partial charge in [0.25, 0.3) is 0 Å². The summed E-state index contributed by atoms with van der Waals surface area (Å²) in [5.41, 5.74) is 1.59. The third-order valence-corrected chi connectivity index (χ3v) is 7.56. The normalized spacial score (nSPS) is 19.9. The van der Waals surface area contributed by atoms with Gasteiger partial charge >= 0.3 is 6.03 Å². The predicted molar refractivity (Wildman–Crippen MR) is 118 cm³/mol. The van der Waals surface area contributed by atoms with Crippen LogP contribution in [-0.2, 0) is 9.53 Å². The molecule has 3 heterocycles. The summed E-state index contributed by atoms with van der Waals surface area (Å²) in [5, 5.41) is 15.2. The van der Waals surface area contributed by atoms with Crippen molar-refractivity contribution in [1.82, 2.24) is 15.2 Å². The summed E-state index contributed by atoms with van der Waals surface area (Å²) >= 11 is 2.94. The van der Waals surface area contributed by atoms with Crippen LogP contribution in [0.2, 0.25) is 0 Å². The Hall–Kier alpha value is -1.88. The number of hydrogen-bond donors (Lipinski definition) is 3. The van der Waals surface area contributed by atoms with E-state index >= 15 is 0 Å². The van der Waals surface area contributed by atoms with Crippen molar-refractivity contribution in [1.29, 1.82) is 0 Å².